The molecule has 8 atom stereocenters. The van der Waals surface area contributed by atoms with Gasteiger partial charge in [0.15, 0.2) is 0 Å². The largest absolute Gasteiger partial charge is 0.453 e. The molecule has 4 aliphatic carbocycles. The van der Waals surface area contributed by atoms with Crippen molar-refractivity contribution < 1.29 is 45.0 Å². The van der Waals surface area contributed by atoms with Gasteiger partial charge in [-0.1, -0.05) is 58.8 Å². The molecular weight excluding hydrogens is 627 g/mol. The highest BCUT2D eigenvalue weighted by atomic mass is 32.2. The van der Waals surface area contributed by atoms with Crippen LogP contribution in [0.3, 0.4) is 0 Å². The van der Waals surface area contributed by atoms with Gasteiger partial charge in [0.05, 0.1) is 23.7 Å². The first-order valence-corrected chi connectivity index (χ1v) is 19.8. The van der Waals surface area contributed by atoms with E-state index in [4.69, 9.17) is 4.74 Å². The monoisotopic (exact) mass is 684 g/mol. The zero-order valence-corrected chi connectivity index (χ0v) is 28.7. The van der Waals surface area contributed by atoms with Crippen LogP contribution in [0.1, 0.15) is 136 Å². The average molecular weight is 685 g/mol. The van der Waals surface area contributed by atoms with Crippen molar-refractivity contribution in [2.45, 2.75) is 160 Å². The zero-order chi connectivity index (χ0) is 33.8. The molecule has 0 amide bonds. The summed E-state index contributed by atoms with van der Waals surface area (Å²) in [6.45, 7) is 5.43. The third-order valence-corrected chi connectivity index (χ3v) is 14.5. The van der Waals surface area contributed by atoms with Crippen LogP contribution in [0.2, 0.25) is 0 Å². The summed E-state index contributed by atoms with van der Waals surface area (Å²) in [4.78, 5) is 12.3. The predicted octanol–water partition coefficient (Wildman–Crippen LogP) is 8.86. The van der Waals surface area contributed by atoms with Crippen LogP contribution in [-0.2, 0) is 19.4 Å². The number of fused-ring (bicyclic) bond motifs is 5. The SMILES string of the molecule is C[C@]12CCC(=O)C[C@@H]1CC[C@@H]1[C@@H]2[C@@H](OCCCCCCCCCCCS(=O)(=O)CCCC(F)(F)C(F)(F)F)C[C@]2(C)[C@@H](O)CC[C@@H]12. The summed E-state index contributed by atoms with van der Waals surface area (Å²) < 4.78 is 93.4. The Hall–Kier alpha value is -0.810. The number of hydrogen-bond acceptors (Lipinski definition) is 5. The minimum Gasteiger partial charge on any atom is -0.393 e. The third kappa shape index (κ3) is 8.85. The van der Waals surface area contributed by atoms with Gasteiger partial charge >= 0.3 is 12.1 Å². The maximum Gasteiger partial charge on any atom is 0.453 e. The molecule has 11 heteroatoms. The molecule has 0 aromatic rings. The van der Waals surface area contributed by atoms with Gasteiger partial charge in [0.1, 0.15) is 15.6 Å². The Labute approximate surface area is 273 Å². The Balaban J connectivity index is 1.10. The maximum absolute atomic E-state index is 13.0. The number of halogens is 5. The fourth-order valence-corrected chi connectivity index (χ4v) is 11.4. The van der Waals surface area contributed by atoms with E-state index in [-0.39, 0.29) is 28.8 Å². The summed E-state index contributed by atoms with van der Waals surface area (Å²) in [5.41, 5.74) is 0.0486. The van der Waals surface area contributed by atoms with Crippen molar-refractivity contribution in [3.05, 3.63) is 0 Å². The highest BCUT2D eigenvalue weighted by molar-refractivity contribution is 7.91. The van der Waals surface area contributed by atoms with Gasteiger partial charge in [-0.2, -0.15) is 22.0 Å². The number of ether oxygens (including phenoxy) is 1. The molecule has 0 unspecified atom stereocenters. The zero-order valence-electron chi connectivity index (χ0n) is 27.9. The Morgan fingerprint density at radius 3 is 2.09 bits per heavy atom. The number of hydrogen-bond donors (Lipinski definition) is 1. The fourth-order valence-electron chi connectivity index (χ4n) is 9.92. The molecule has 0 radical (unpaired) electrons. The van der Waals surface area contributed by atoms with E-state index < -0.39 is 40.5 Å². The van der Waals surface area contributed by atoms with E-state index in [1.54, 1.807) is 0 Å². The summed E-state index contributed by atoms with van der Waals surface area (Å²) in [6.07, 6.45) is 7.75. The van der Waals surface area contributed by atoms with Gasteiger partial charge in [-0.3, -0.25) is 4.79 Å². The first-order chi connectivity index (χ1) is 21.5. The van der Waals surface area contributed by atoms with E-state index in [0.717, 1.165) is 83.5 Å². The molecule has 0 aromatic carbocycles. The van der Waals surface area contributed by atoms with E-state index in [1.165, 1.54) is 0 Å². The van der Waals surface area contributed by atoms with Crippen LogP contribution in [0.25, 0.3) is 0 Å². The second-order valence-corrected chi connectivity index (χ2v) is 18.0. The maximum atomic E-state index is 13.0. The van der Waals surface area contributed by atoms with E-state index >= 15 is 0 Å². The first kappa shape index (κ1) is 38.0. The smallest absolute Gasteiger partial charge is 0.393 e. The number of rotatable bonds is 17. The molecule has 5 nitrogen and oxygen atoms in total. The lowest BCUT2D eigenvalue weighted by atomic mass is 9.44. The topological polar surface area (TPSA) is 80.7 Å². The molecule has 46 heavy (non-hydrogen) atoms. The van der Waals surface area contributed by atoms with E-state index in [2.05, 4.69) is 13.8 Å². The average Bonchev–Trinajstić information content (AvgIpc) is 3.26. The molecule has 1 N–H and O–H groups in total. The molecule has 4 saturated carbocycles. The Morgan fingerprint density at radius 2 is 1.43 bits per heavy atom. The highest BCUT2D eigenvalue weighted by Crippen LogP contribution is 2.66. The number of carbonyl (C=O) groups excluding carboxylic acids is 1. The standard InChI is InChI=1S/C35H57F5O5S/c1-32-19-17-26(41)23-25(32)13-14-27-28-15-16-30(42)33(28,2)24-29(31(27)32)45-20-10-8-6-4-3-5-7-9-11-21-46(43,44)22-12-18-34(36,37)35(38,39)40/h25,27-31,42H,3-24H2,1-2H3/t25-,27-,28-,29-,30-,31+,32-,33-/m0/s1. The molecule has 268 valence electrons. The minimum atomic E-state index is -5.65. The van der Waals surface area contributed by atoms with Crippen molar-refractivity contribution in [1.29, 1.82) is 0 Å². The van der Waals surface area contributed by atoms with Gasteiger partial charge in [0, 0.05) is 25.9 Å². The molecule has 0 aliphatic heterocycles. The predicted molar refractivity (Wildman–Crippen MR) is 168 cm³/mol. The quantitative estimate of drug-likeness (QED) is 0.122. The lowest BCUT2D eigenvalue weighted by Gasteiger charge is -2.62. The number of aliphatic hydroxyl groups is 1. The van der Waals surface area contributed by atoms with Crippen LogP contribution in [0, 0.1) is 34.5 Å². The van der Waals surface area contributed by atoms with Crippen molar-refractivity contribution in [3.63, 3.8) is 0 Å². The van der Waals surface area contributed by atoms with Crippen molar-refractivity contribution in [3.8, 4) is 0 Å². The van der Waals surface area contributed by atoms with Crippen LogP contribution in [0.4, 0.5) is 22.0 Å². The molecular formula is C35H57F5O5S. The number of sulfone groups is 1. The van der Waals surface area contributed by atoms with Gasteiger partial charge in [0.2, 0.25) is 0 Å². The normalized spacial score (nSPS) is 35.1. The van der Waals surface area contributed by atoms with Crippen molar-refractivity contribution in [2.75, 3.05) is 18.1 Å². The summed E-state index contributed by atoms with van der Waals surface area (Å²) in [5.74, 6) is -3.25. The van der Waals surface area contributed by atoms with Crippen LogP contribution < -0.4 is 0 Å². The van der Waals surface area contributed by atoms with Gasteiger partial charge in [-0.05, 0) is 92.3 Å². The lowest BCUT2D eigenvalue weighted by molar-refractivity contribution is -0.284. The molecule has 0 aromatic heterocycles. The Kier molecular flexibility index (Phi) is 12.7. The van der Waals surface area contributed by atoms with Gasteiger partial charge < -0.3 is 9.84 Å². The second-order valence-electron chi connectivity index (χ2n) is 15.7. The molecule has 4 aliphatic rings. The summed E-state index contributed by atoms with van der Waals surface area (Å²) >= 11 is 0. The fraction of sp³-hybridized carbons (Fsp3) is 0.971. The van der Waals surface area contributed by atoms with Gasteiger partial charge in [-0.15, -0.1) is 0 Å². The minimum absolute atomic E-state index is 0.0852. The van der Waals surface area contributed by atoms with Crippen molar-refractivity contribution in [2.24, 2.45) is 34.5 Å². The number of ketones is 1. The van der Waals surface area contributed by atoms with E-state index in [0.29, 0.717) is 61.7 Å². The lowest BCUT2D eigenvalue weighted by Crippen LogP contribution is -2.60. The molecule has 4 rings (SSSR count). The molecule has 0 saturated heterocycles. The van der Waals surface area contributed by atoms with Crippen LogP contribution in [0.5, 0.6) is 0 Å². The van der Waals surface area contributed by atoms with E-state index in [1.807, 2.05) is 0 Å². The molecule has 0 bridgehead atoms. The Bertz CT molecular complexity index is 1110. The second kappa shape index (κ2) is 15.4. The molecule has 0 spiro atoms. The van der Waals surface area contributed by atoms with Gasteiger partial charge in [-0.25, -0.2) is 8.42 Å². The summed E-state index contributed by atoms with van der Waals surface area (Å²) in [7, 11) is -3.64. The Morgan fingerprint density at radius 1 is 0.826 bits per heavy atom. The number of alkyl halides is 5. The number of unbranched alkanes of at least 4 members (excludes halogenated alkanes) is 8. The van der Waals surface area contributed by atoms with E-state index in [9.17, 15) is 40.3 Å². The van der Waals surface area contributed by atoms with Crippen LogP contribution >= 0.6 is 0 Å². The van der Waals surface area contributed by atoms with Gasteiger partial charge in [0.25, 0.3) is 0 Å². The number of Topliss-reactive ketones (excluding diaryl/α,β-unsaturated/α-hetero) is 1. The first-order valence-electron chi connectivity index (χ1n) is 18.0. The highest BCUT2D eigenvalue weighted by Gasteiger charge is 2.63. The summed E-state index contributed by atoms with van der Waals surface area (Å²) in [6, 6.07) is 0. The molecule has 4 fully saturated rings. The number of carbonyl (C=O) groups is 1. The molecule has 0 heterocycles. The van der Waals surface area contributed by atoms with Crippen LogP contribution in [0.15, 0.2) is 0 Å². The third-order valence-electron chi connectivity index (χ3n) is 12.6. The summed E-state index contributed by atoms with van der Waals surface area (Å²) in [5, 5.41) is 11.0. The van der Waals surface area contributed by atoms with Crippen molar-refractivity contribution >= 4 is 15.6 Å². The number of aliphatic hydroxyl groups excluding tert-OH is 1. The van der Waals surface area contributed by atoms with Crippen LogP contribution in [-0.4, -0.2) is 61.7 Å². The van der Waals surface area contributed by atoms with Crippen molar-refractivity contribution in [1.82, 2.24) is 0 Å².